The summed E-state index contributed by atoms with van der Waals surface area (Å²) < 4.78 is 11.0. The molecule has 0 heterocycles. The summed E-state index contributed by atoms with van der Waals surface area (Å²) in [6.45, 7) is 8.14. The van der Waals surface area contributed by atoms with Gasteiger partial charge in [0.05, 0.1) is 0 Å². The third kappa shape index (κ3) is 6.98. The number of hydrogen-bond acceptors (Lipinski definition) is 4. The number of ether oxygens (including phenoxy) is 2. The van der Waals surface area contributed by atoms with Crippen LogP contribution in [0.2, 0.25) is 5.02 Å². The molecule has 7 heteroatoms. The molecule has 0 fully saturated rings. The number of amides is 2. The van der Waals surface area contributed by atoms with E-state index in [0.29, 0.717) is 29.6 Å². The second-order valence-corrected chi connectivity index (χ2v) is 7.22. The van der Waals surface area contributed by atoms with Gasteiger partial charge in [0.2, 0.25) is 0 Å². The maximum atomic E-state index is 11.9. The van der Waals surface area contributed by atoms with Gasteiger partial charge in [-0.15, -0.1) is 0 Å². The molecule has 2 N–H and O–H groups in total. The molecule has 0 aliphatic heterocycles. The van der Waals surface area contributed by atoms with Crippen LogP contribution in [-0.4, -0.2) is 38.1 Å². The number of aryl methyl sites for hydroxylation is 3. The molecule has 0 bridgehead atoms. The van der Waals surface area contributed by atoms with Crippen molar-refractivity contribution in [2.75, 3.05) is 26.3 Å². The van der Waals surface area contributed by atoms with E-state index in [-0.39, 0.29) is 25.0 Å². The van der Waals surface area contributed by atoms with E-state index < -0.39 is 0 Å². The lowest BCUT2D eigenvalue weighted by molar-refractivity contribution is -0.124. The number of halogens is 1. The molecule has 0 spiro atoms. The van der Waals surface area contributed by atoms with Crippen molar-refractivity contribution in [3.8, 4) is 11.5 Å². The summed E-state index contributed by atoms with van der Waals surface area (Å²) in [4.78, 5) is 23.8. The lowest BCUT2D eigenvalue weighted by Gasteiger charge is -2.12. The fourth-order valence-electron chi connectivity index (χ4n) is 2.67. The smallest absolute Gasteiger partial charge is 0.258 e. The van der Waals surface area contributed by atoms with Crippen LogP contribution < -0.4 is 20.1 Å². The number of rotatable bonds is 9. The van der Waals surface area contributed by atoms with Crippen molar-refractivity contribution < 1.29 is 19.1 Å². The van der Waals surface area contributed by atoms with Gasteiger partial charge in [0.15, 0.2) is 13.2 Å². The minimum atomic E-state index is -0.267. The van der Waals surface area contributed by atoms with Crippen molar-refractivity contribution in [3.63, 3.8) is 0 Å². The third-order valence-corrected chi connectivity index (χ3v) is 5.06. The minimum Gasteiger partial charge on any atom is -0.484 e. The molecule has 2 aromatic carbocycles. The van der Waals surface area contributed by atoms with Gasteiger partial charge in [0.25, 0.3) is 11.8 Å². The largest absolute Gasteiger partial charge is 0.484 e. The van der Waals surface area contributed by atoms with E-state index in [1.807, 2.05) is 45.9 Å². The first-order valence-corrected chi connectivity index (χ1v) is 9.77. The molecule has 0 saturated carbocycles. The van der Waals surface area contributed by atoms with Crippen molar-refractivity contribution >= 4 is 23.4 Å². The van der Waals surface area contributed by atoms with E-state index >= 15 is 0 Å². The van der Waals surface area contributed by atoms with E-state index in [9.17, 15) is 9.59 Å². The average molecular weight is 419 g/mol. The van der Waals surface area contributed by atoms with Gasteiger partial charge in [-0.05, 0) is 68.1 Å². The van der Waals surface area contributed by atoms with Crippen molar-refractivity contribution in [2.24, 2.45) is 0 Å². The number of carbonyl (C=O) groups excluding carboxylic acids is 2. The summed E-state index contributed by atoms with van der Waals surface area (Å²) in [5, 5.41) is 6.09. The first-order chi connectivity index (χ1) is 13.8. The number of benzene rings is 2. The molecule has 0 atom stereocenters. The Morgan fingerprint density at radius 1 is 0.862 bits per heavy atom. The van der Waals surface area contributed by atoms with Gasteiger partial charge in [-0.25, -0.2) is 0 Å². The van der Waals surface area contributed by atoms with Crippen LogP contribution in [0.3, 0.4) is 0 Å². The maximum absolute atomic E-state index is 11.9. The first kappa shape index (κ1) is 22.6. The molecule has 29 heavy (non-hydrogen) atoms. The Kier molecular flexibility index (Phi) is 8.34. The average Bonchev–Trinajstić information content (AvgIpc) is 2.68. The third-order valence-electron chi connectivity index (χ3n) is 4.46. The highest BCUT2D eigenvalue weighted by Gasteiger charge is 2.08. The fourth-order valence-corrected chi connectivity index (χ4v) is 2.78. The van der Waals surface area contributed by atoms with Crippen LogP contribution in [0.1, 0.15) is 22.3 Å². The molecule has 0 unspecified atom stereocenters. The summed E-state index contributed by atoms with van der Waals surface area (Å²) in [6.07, 6.45) is 0. The van der Waals surface area contributed by atoms with Crippen LogP contribution in [-0.2, 0) is 9.59 Å². The zero-order valence-electron chi connectivity index (χ0n) is 17.2. The van der Waals surface area contributed by atoms with Crippen LogP contribution in [0.5, 0.6) is 11.5 Å². The van der Waals surface area contributed by atoms with Crippen LogP contribution in [0, 0.1) is 27.7 Å². The quantitative estimate of drug-likeness (QED) is 0.613. The van der Waals surface area contributed by atoms with E-state index in [1.165, 1.54) is 0 Å². The highest BCUT2D eigenvalue weighted by Crippen LogP contribution is 2.25. The van der Waals surface area contributed by atoms with Gasteiger partial charge in [-0.1, -0.05) is 23.7 Å². The zero-order valence-corrected chi connectivity index (χ0v) is 18.0. The van der Waals surface area contributed by atoms with E-state index in [4.69, 9.17) is 21.1 Å². The van der Waals surface area contributed by atoms with Crippen LogP contribution in [0.15, 0.2) is 30.3 Å². The lowest BCUT2D eigenvalue weighted by Crippen LogP contribution is -2.38. The van der Waals surface area contributed by atoms with Gasteiger partial charge in [0, 0.05) is 18.1 Å². The molecular weight excluding hydrogens is 392 g/mol. The first-order valence-electron chi connectivity index (χ1n) is 9.40. The normalized spacial score (nSPS) is 10.4. The van der Waals surface area contributed by atoms with Crippen molar-refractivity contribution in [1.29, 1.82) is 0 Å². The van der Waals surface area contributed by atoms with E-state index in [0.717, 1.165) is 22.3 Å². The number of hydrogen-bond donors (Lipinski definition) is 2. The molecule has 2 aromatic rings. The Morgan fingerprint density at radius 3 is 2.00 bits per heavy atom. The summed E-state index contributed by atoms with van der Waals surface area (Å²) in [7, 11) is 0. The molecule has 2 amide bonds. The van der Waals surface area contributed by atoms with E-state index in [1.54, 1.807) is 12.1 Å². The van der Waals surface area contributed by atoms with Gasteiger partial charge in [-0.3, -0.25) is 9.59 Å². The summed E-state index contributed by atoms with van der Waals surface area (Å²) >= 11 is 6.12. The molecule has 156 valence electrons. The Balaban J connectivity index is 1.63. The summed E-state index contributed by atoms with van der Waals surface area (Å²) in [5.41, 5.74) is 3.91. The topological polar surface area (TPSA) is 76.7 Å². The molecule has 0 aliphatic carbocycles. The van der Waals surface area contributed by atoms with Crippen molar-refractivity contribution in [1.82, 2.24) is 10.6 Å². The molecule has 0 saturated heterocycles. The molecule has 6 nitrogen and oxygen atoms in total. The Labute approximate surface area is 176 Å². The Hall–Kier alpha value is -2.73. The molecule has 0 radical (unpaired) electrons. The van der Waals surface area contributed by atoms with Crippen LogP contribution >= 0.6 is 11.6 Å². The van der Waals surface area contributed by atoms with Crippen molar-refractivity contribution in [2.45, 2.75) is 27.7 Å². The maximum Gasteiger partial charge on any atom is 0.258 e. The van der Waals surface area contributed by atoms with Crippen LogP contribution in [0.4, 0.5) is 0 Å². The van der Waals surface area contributed by atoms with Gasteiger partial charge >= 0.3 is 0 Å². The van der Waals surface area contributed by atoms with Gasteiger partial charge in [-0.2, -0.15) is 0 Å². The van der Waals surface area contributed by atoms with Crippen molar-refractivity contribution in [3.05, 3.63) is 57.6 Å². The molecule has 0 aromatic heterocycles. The summed E-state index contributed by atoms with van der Waals surface area (Å²) in [6, 6.07) is 9.29. The Bertz CT molecular complexity index is 860. The highest BCUT2D eigenvalue weighted by molar-refractivity contribution is 6.32. The minimum absolute atomic E-state index is 0.0728. The second kappa shape index (κ2) is 10.7. The fraction of sp³-hybridized carbons (Fsp3) is 0.364. The van der Waals surface area contributed by atoms with Crippen LogP contribution in [0.25, 0.3) is 0 Å². The molecular formula is C22H27ClN2O4. The van der Waals surface area contributed by atoms with Gasteiger partial charge in [0.1, 0.15) is 11.5 Å². The number of carbonyl (C=O) groups is 2. The molecule has 2 rings (SSSR count). The predicted octanol–water partition coefficient (Wildman–Crippen LogP) is 3.26. The number of nitrogens with one attached hydrogen (secondary N) is 2. The lowest BCUT2D eigenvalue weighted by atomic mass is 10.1. The monoisotopic (exact) mass is 418 g/mol. The standard InChI is InChI=1S/C22H27ClN2O4/c1-14-6-5-7-19(17(14)4)29-13-21(27)25-9-8-24-20(26)12-28-18-10-15(2)22(23)16(3)11-18/h5-7,10-11H,8-9,12-13H2,1-4H3,(H,24,26)(H,25,27). The summed E-state index contributed by atoms with van der Waals surface area (Å²) in [5.74, 6) is 0.773. The zero-order chi connectivity index (χ0) is 21.4. The van der Waals surface area contributed by atoms with E-state index in [2.05, 4.69) is 10.6 Å². The van der Waals surface area contributed by atoms with Gasteiger partial charge < -0.3 is 20.1 Å². The predicted molar refractivity (Wildman–Crippen MR) is 114 cm³/mol. The molecule has 0 aliphatic rings. The Morgan fingerprint density at radius 2 is 1.41 bits per heavy atom. The highest BCUT2D eigenvalue weighted by atomic mass is 35.5. The second-order valence-electron chi connectivity index (χ2n) is 6.85. The SMILES string of the molecule is Cc1cccc(OCC(=O)NCCNC(=O)COc2cc(C)c(Cl)c(C)c2)c1C.